The molecule has 0 bridgehead atoms. The molecule has 0 aliphatic heterocycles. The first-order chi connectivity index (χ1) is 6.61. The second kappa shape index (κ2) is 4.61. The van der Waals surface area contributed by atoms with E-state index in [0.29, 0.717) is 5.56 Å². The second-order valence-electron chi connectivity index (χ2n) is 2.43. The molecule has 3 nitrogen and oxygen atoms in total. The molecular formula is C8H5F2IN2O. The Balaban J connectivity index is 3.41. The Labute approximate surface area is 92.5 Å². The lowest BCUT2D eigenvalue weighted by atomic mass is 10.1. The van der Waals surface area contributed by atoms with Gasteiger partial charge in [0.05, 0.1) is 12.2 Å². The highest BCUT2D eigenvalue weighted by Gasteiger charge is 2.20. The molecule has 0 aliphatic carbocycles. The Morgan fingerprint density at radius 1 is 1.64 bits per heavy atom. The van der Waals surface area contributed by atoms with Crippen molar-refractivity contribution in [2.24, 2.45) is 0 Å². The Bertz CT molecular complexity index is 390. The van der Waals surface area contributed by atoms with E-state index in [0.717, 1.165) is 0 Å². The maximum atomic E-state index is 12.5. The molecule has 0 spiro atoms. The molecule has 1 aromatic heterocycles. The van der Waals surface area contributed by atoms with E-state index in [1.807, 2.05) is 0 Å². The number of nitrogens with zero attached hydrogens (tertiary/aromatic N) is 2. The highest BCUT2D eigenvalue weighted by atomic mass is 127. The molecule has 0 saturated heterocycles. The van der Waals surface area contributed by atoms with Crippen LogP contribution < -0.4 is 0 Å². The van der Waals surface area contributed by atoms with E-state index in [1.54, 1.807) is 28.7 Å². The highest BCUT2D eigenvalue weighted by molar-refractivity contribution is 14.1. The van der Waals surface area contributed by atoms with E-state index in [1.165, 1.54) is 6.20 Å². The molecule has 0 saturated carbocycles. The maximum Gasteiger partial charge on any atom is 0.267 e. The Morgan fingerprint density at radius 3 is 2.71 bits per heavy atom. The number of hydrogen-bond acceptors (Lipinski definition) is 3. The quantitative estimate of drug-likeness (QED) is 0.850. The lowest BCUT2D eigenvalue weighted by Gasteiger charge is -2.08. The van der Waals surface area contributed by atoms with Crippen LogP contribution in [-0.4, -0.2) is 10.1 Å². The number of rotatable bonds is 2. The lowest BCUT2D eigenvalue weighted by molar-refractivity contribution is 0.149. The van der Waals surface area contributed by atoms with Crippen molar-refractivity contribution in [3.63, 3.8) is 0 Å². The third kappa shape index (κ3) is 1.99. The first-order valence-electron chi connectivity index (χ1n) is 3.58. The molecule has 0 atom stereocenters. The van der Waals surface area contributed by atoms with Gasteiger partial charge in [-0.2, -0.15) is 5.26 Å². The number of pyridine rings is 1. The fraction of sp³-hybridized carbons (Fsp3) is 0.250. The SMILES string of the molecule is N#Cc1ncc(CO)c(I)c1C(F)F. The molecule has 0 aliphatic rings. The zero-order valence-electron chi connectivity index (χ0n) is 6.84. The van der Waals surface area contributed by atoms with Gasteiger partial charge in [0.15, 0.2) is 0 Å². The van der Waals surface area contributed by atoms with Crippen LogP contribution in [0, 0.1) is 14.9 Å². The number of aliphatic hydroxyl groups is 1. The van der Waals surface area contributed by atoms with Crippen LogP contribution in [0.2, 0.25) is 0 Å². The summed E-state index contributed by atoms with van der Waals surface area (Å²) in [5, 5.41) is 17.4. The number of aromatic nitrogens is 1. The van der Waals surface area contributed by atoms with Crippen LogP contribution in [0.5, 0.6) is 0 Å². The number of nitriles is 1. The fourth-order valence-corrected chi connectivity index (χ4v) is 1.74. The normalized spacial score (nSPS) is 10.3. The molecule has 1 rings (SSSR count). The molecule has 1 heterocycles. The minimum absolute atomic E-state index is 0.201. The molecular weight excluding hydrogens is 305 g/mol. The monoisotopic (exact) mass is 310 g/mol. The molecule has 1 aromatic rings. The Morgan fingerprint density at radius 2 is 2.29 bits per heavy atom. The zero-order valence-corrected chi connectivity index (χ0v) is 8.99. The molecule has 14 heavy (non-hydrogen) atoms. The summed E-state index contributed by atoms with van der Waals surface area (Å²) in [6, 6.07) is 1.59. The van der Waals surface area contributed by atoms with E-state index >= 15 is 0 Å². The number of aliphatic hydroxyl groups excluding tert-OH is 1. The molecule has 0 fully saturated rings. The molecule has 0 amide bonds. The van der Waals surface area contributed by atoms with Gasteiger partial charge >= 0.3 is 0 Å². The van der Waals surface area contributed by atoms with Crippen molar-refractivity contribution in [2.45, 2.75) is 13.0 Å². The largest absolute Gasteiger partial charge is 0.392 e. The van der Waals surface area contributed by atoms with Crippen LogP contribution in [0.25, 0.3) is 0 Å². The summed E-state index contributed by atoms with van der Waals surface area (Å²) >= 11 is 1.67. The van der Waals surface area contributed by atoms with Gasteiger partial charge in [-0.1, -0.05) is 0 Å². The predicted octanol–water partition coefficient (Wildman–Crippen LogP) is 1.99. The Hall–Kier alpha value is -0.810. The van der Waals surface area contributed by atoms with Crippen LogP contribution in [0.3, 0.4) is 0 Å². The summed E-state index contributed by atoms with van der Waals surface area (Å²) in [4.78, 5) is 3.54. The molecule has 0 unspecified atom stereocenters. The summed E-state index contributed by atoms with van der Waals surface area (Å²) < 4.78 is 25.2. The van der Waals surface area contributed by atoms with E-state index in [4.69, 9.17) is 10.4 Å². The van der Waals surface area contributed by atoms with Gasteiger partial charge in [-0.25, -0.2) is 13.8 Å². The van der Waals surface area contributed by atoms with Crippen molar-refractivity contribution in [2.75, 3.05) is 0 Å². The van der Waals surface area contributed by atoms with Gasteiger partial charge in [0, 0.05) is 15.3 Å². The average molecular weight is 310 g/mol. The summed E-state index contributed by atoms with van der Waals surface area (Å²) in [5.74, 6) is 0. The minimum atomic E-state index is -2.75. The van der Waals surface area contributed by atoms with Crippen LogP contribution in [0.15, 0.2) is 6.20 Å². The second-order valence-corrected chi connectivity index (χ2v) is 3.51. The van der Waals surface area contributed by atoms with Crippen LogP contribution >= 0.6 is 22.6 Å². The lowest BCUT2D eigenvalue weighted by Crippen LogP contribution is -2.02. The molecule has 1 N–H and O–H groups in total. The van der Waals surface area contributed by atoms with Gasteiger partial charge in [-0.05, 0) is 22.6 Å². The van der Waals surface area contributed by atoms with E-state index < -0.39 is 12.0 Å². The van der Waals surface area contributed by atoms with Crippen molar-refractivity contribution < 1.29 is 13.9 Å². The molecule has 0 aromatic carbocycles. The minimum Gasteiger partial charge on any atom is -0.392 e. The number of halogens is 3. The zero-order chi connectivity index (χ0) is 10.7. The topological polar surface area (TPSA) is 56.9 Å². The van der Waals surface area contributed by atoms with Crippen molar-refractivity contribution in [3.8, 4) is 6.07 Å². The van der Waals surface area contributed by atoms with Gasteiger partial charge in [0.25, 0.3) is 6.43 Å². The van der Waals surface area contributed by atoms with Crippen molar-refractivity contribution in [3.05, 3.63) is 26.6 Å². The summed E-state index contributed by atoms with van der Waals surface area (Å²) in [5.41, 5.74) is -0.388. The molecule has 0 radical (unpaired) electrons. The van der Waals surface area contributed by atoms with Gasteiger partial charge < -0.3 is 5.11 Å². The van der Waals surface area contributed by atoms with E-state index in [9.17, 15) is 8.78 Å². The maximum absolute atomic E-state index is 12.5. The van der Waals surface area contributed by atoms with Crippen molar-refractivity contribution in [1.82, 2.24) is 4.98 Å². The Kier molecular flexibility index (Phi) is 3.71. The van der Waals surface area contributed by atoms with Gasteiger partial charge in [-0.3, -0.25) is 0 Å². The standard InChI is InChI=1S/C8H5F2IN2O/c9-8(10)6-5(1-12)13-2-4(3-14)7(6)11/h2,8,14H,3H2. The third-order valence-corrected chi connectivity index (χ3v) is 2.89. The first-order valence-corrected chi connectivity index (χ1v) is 4.66. The average Bonchev–Trinajstić information content (AvgIpc) is 2.16. The van der Waals surface area contributed by atoms with Crippen molar-refractivity contribution in [1.29, 1.82) is 5.26 Å². The molecule has 6 heteroatoms. The van der Waals surface area contributed by atoms with Crippen LogP contribution in [-0.2, 0) is 6.61 Å². The predicted molar refractivity (Wildman–Crippen MR) is 52.5 cm³/mol. The smallest absolute Gasteiger partial charge is 0.267 e. The van der Waals surface area contributed by atoms with Crippen LogP contribution in [0.4, 0.5) is 8.78 Å². The summed E-state index contributed by atoms with van der Waals surface area (Å²) in [7, 11) is 0. The van der Waals surface area contributed by atoms with Crippen LogP contribution in [0.1, 0.15) is 23.2 Å². The van der Waals surface area contributed by atoms with E-state index in [2.05, 4.69) is 4.98 Å². The van der Waals surface area contributed by atoms with Gasteiger partial charge in [0.2, 0.25) is 0 Å². The number of hydrogen-bond donors (Lipinski definition) is 1. The van der Waals surface area contributed by atoms with Gasteiger partial charge in [0.1, 0.15) is 11.8 Å². The summed E-state index contributed by atoms with van der Waals surface area (Å²) in [6.45, 7) is -0.364. The third-order valence-electron chi connectivity index (χ3n) is 1.62. The van der Waals surface area contributed by atoms with E-state index in [-0.39, 0.29) is 15.9 Å². The fourth-order valence-electron chi connectivity index (χ4n) is 0.944. The first kappa shape index (κ1) is 11.3. The number of alkyl halides is 2. The highest BCUT2D eigenvalue weighted by Crippen LogP contribution is 2.28. The molecule has 74 valence electrons. The van der Waals surface area contributed by atoms with Crippen molar-refractivity contribution >= 4 is 22.6 Å². The van der Waals surface area contributed by atoms with Gasteiger partial charge in [-0.15, -0.1) is 0 Å². The summed E-state index contributed by atoms with van der Waals surface area (Å²) in [6.07, 6.45) is -1.53.